The van der Waals surface area contributed by atoms with Crippen molar-refractivity contribution >= 4 is 34.4 Å². The van der Waals surface area contributed by atoms with Gasteiger partial charge in [0.15, 0.2) is 0 Å². The Labute approximate surface area is 167 Å². The number of benzene rings is 2. The summed E-state index contributed by atoms with van der Waals surface area (Å²) in [4.78, 5) is 17.6. The SMILES string of the molecule is C=C(CCCCCC)CONC(=O)c1ccc2cc(/C=C/CCl)ccc2c1. The number of nitrogens with one attached hydrogen (secondary N) is 1. The van der Waals surface area contributed by atoms with Crippen molar-refractivity contribution in [2.45, 2.75) is 39.0 Å². The standard InChI is InChI=1S/C23H28ClNO2/c1-3-4-5-6-8-18(2)17-27-25-23(26)22-13-12-20-15-19(9-7-14-24)10-11-21(20)16-22/h7,9-13,15-16H,2-6,8,14,17H2,1H3,(H,25,26)/b9-7+. The Kier molecular flexibility index (Phi) is 9.09. The summed E-state index contributed by atoms with van der Waals surface area (Å²) in [7, 11) is 0. The molecule has 0 heterocycles. The number of rotatable bonds is 11. The van der Waals surface area contributed by atoms with Crippen LogP contribution in [0.4, 0.5) is 0 Å². The van der Waals surface area contributed by atoms with E-state index in [0.29, 0.717) is 18.1 Å². The Hall–Kier alpha value is -2.10. The summed E-state index contributed by atoms with van der Waals surface area (Å²) < 4.78 is 0. The molecule has 4 heteroatoms. The predicted octanol–water partition coefficient (Wildman–Crippen LogP) is 6.28. The molecule has 2 rings (SSSR count). The van der Waals surface area contributed by atoms with Gasteiger partial charge in [0.05, 0.1) is 6.61 Å². The third-order valence-electron chi connectivity index (χ3n) is 4.35. The molecule has 0 fully saturated rings. The van der Waals surface area contributed by atoms with Crippen LogP contribution < -0.4 is 5.48 Å². The Balaban J connectivity index is 1.86. The molecule has 0 bridgehead atoms. The first-order valence-corrected chi connectivity index (χ1v) is 10.0. The highest BCUT2D eigenvalue weighted by Crippen LogP contribution is 2.19. The zero-order chi connectivity index (χ0) is 19.5. The van der Waals surface area contributed by atoms with Gasteiger partial charge in [0, 0.05) is 11.4 Å². The monoisotopic (exact) mass is 385 g/mol. The second-order valence-electron chi connectivity index (χ2n) is 6.66. The van der Waals surface area contributed by atoms with Gasteiger partial charge in [-0.3, -0.25) is 9.63 Å². The van der Waals surface area contributed by atoms with Gasteiger partial charge in [0.2, 0.25) is 0 Å². The van der Waals surface area contributed by atoms with Crippen LogP contribution in [0.1, 0.15) is 54.9 Å². The molecule has 0 saturated heterocycles. The van der Waals surface area contributed by atoms with Crippen molar-refractivity contribution in [3.05, 3.63) is 65.8 Å². The van der Waals surface area contributed by atoms with E-state index < -0.39 is 0 Å². The van der Waals surface area contributed by atoms with Crippen molar-refractivity contribution in [1.82, 2.24) is 5.48 Å². The fourth-order valence-electron chi connectivity index (χ4n) is 2.83. The molecule has 0 aromatic heterocycles. The average molecular weight is 386 g/mol. The second kappa shape index (κ2) is 11.6. The molecule has 27 heavy (non-hydrogen) atoms. The van der Waals surface area contributed by atoms with E-state index in [2.05, 4.69) is 25.0 Å². The molecule has 0 radical (unpaired) electrons. The molecule has 2 aromatic carbocycles. The van der Waals surface area contributed by atoms with Gasteiger partial charge in [-0.15, -0.1) is 11.6 Å². The van der Waals surface area contributed by atoms with E-state index >= 15 is 0 Å². The number of carbonyl (C=O) groups is 1. The molecule has 0 aliphatic heterocycles. The number of hydroxylamine groups is 1. The fraction of sp³-hybridized carbons (Fsp3) is 0.348. The minimum absolute atomic E-state index is 0.248. The molecule has 0 spiro atoms. The van der Waals surface area contributed by atoms with Crippen molar-refractivity contribution in [2.24, 2.45) is 0 Å². The molecule has 0 aliphatic rings. The Morgan fingerprint density at radius 3 is 2.70 bits per heavy atom. The number of alkyl halides is 1. The maximum absolute atomic E-state index is 12.3. The molecule has 3 nitrogen and oxygen atoms in total. The zero-order valence-electron chi connectivity index (χ0n) is 16.0. The van der Waals surface area contributed by atoms with Gasteiger partial charge in [0.1, 0.15) is 0 Å². The molecule has 1 N–H and O–H groups in total. The van der Waals surface area contributed by atoms with Gasteiger partial charge in [0.25, 0.3) is 5.91 Å². The minimum atomic E-state index is -0.248. The van der Waals surface area contributed by atoms with Crippen LogP contribution in [0.25, 0.3) is 16.8 Å². The van der Waals surface area contributed by atoms with Crippen molar-refractivity contribution in [3.8, 4) is 0 Å². The maximum atomic E-state index is 12.3. The summed E-state index contributed by atoms with van der Waals surface area (Å²) in [5.74, 6) is 0.240. The third kappa shape index (κ3) is 7.20. The van der Waals surface area contributed by atoms with E-state index in [1.165, 1.54) is 19.3 Å². The topological polar surface area (TPSA) is 38.3 Å². The van der Waals surface area contributed by atoms with E-state index in [4.69, 9.17) is 16.4 Å². The van der Waals surface area contributed by atoms with Crippen LogP contribution >= 0.6 is 11.6 Å². The lowest BCUT2D eigenvalue weighted by Gasteiger charge is -2.09. The van der Waals surface area contributed by atoms with E-state index in [1.807, 2.05) is 36.4 Å². The lowest BCUT2D eigenvalue weighted by atomic mass is 10.0. The van der Waals surface area contributed by atoms with Crippen LogP contribution in [0.2, 0.25) is 0 Å². The van der Waals surface area contributed by atoms with E-state index in [9.17, 15) is 4.79 Å². The number of unbranched alkanes of at least 4 members (excludes halogenated alkanes) is 3. The molecular weight excluding hydrogens is 358 g/mol. The third-order valence-corrected chi connectivity index (χ3v) is 4.53. The number of fused-ring (bicyclic) bond motifs is 1. The summed E-state index contributed by atoms with van der Waals surface area (Å²) in [6.45, 7) is 6.54. The van der Waals surface area contributed by atoms with Crippen LogP contribution in [0, 0.1) is 0 Å². The van der Waals surface area contributed by atoms with Gasteiger partial charge in [-0.2, -0.15) is 0 Å². The van der Waals surface area contributed by atoms with Crippen LogP contribution in [0.3, 0.4) is 0 Å². The molecule has 2 aromatic rings. The summed E-state index contributed by atoms with van der Waals surface area (Å²) in [5.41, 5.74) is 5.17. The second-order valence-corrected chi connectivity index (χ2v) is 6.97. The molecular formula is C23H28ClNO2. The molecule has 1 amide bonds. The first-order chi connectivity index (χ1) is 13.1. The van der Waals surface area contributed by atoms with Crippen molar-refractivity contribution in [2.75, 3.05) is 12.5 Å². The summed E-state index contributed by atoms with van der Waals surface area (Å²) in [6.07, 6.45) is 9.62. The number of hydrogen-bond donors (Lipinski definition) is 1. The summed E-state index contributed by atoms with van der Waals surface area (Å²) in [5, 5.41) is 2.08. The van der Waals surface area contributed by atoms with E-state index in [-0.39, 0.29) is 5.91 Å². The highest BCUT2D eigenvalue weighted by Gasteiger charge is 2.07. The number of amides is 1. The Bertz CT molecular complexity index is 798. The molecule has 0 aliphatic carbocycles. The predicted molar refractivity (Wildman–Crippen MR) is 115 cm³/mol. The van der Waals surface area contributed by atoms with Crippen molar-refractivity contribution in [1.29, 1.82) is 0 Å². The number of allylic oxidation sites excluding steroid dienone is 1. The van der Waals surface area contributed by atoms with Crippen molar-refractivity contribution in [3.63, 3.8) is 0 Å². The van der Waals surface area contributed by atoms with Crippen molar-refractivity contribution < 1.29 is 9.63 Å². The first kappa shape index (κ1) is 21.2. The fourth-order valence-corrected chi connectivity index (χ4v) is 2.92. The van der Waals surface area contributed by atoms with E-state index in [1.54, 1.807) is 6.07 Å². The number of carbonyl (C=O) groups excluding carboxylic acids is 1. The van der Waals surface area contributed by atoms with Gasteiger partial charge < -0.3 is 0 Å². The largest absolute Gasteiger partial charge is 0.274 e. The average Bonchev–Trinajstić information content (AvgIpc) is 2.69. The van der Waals surface area contributed by atoms with Gasteiger partial charge in [-0.05, 0) is 52.9 Å². The highest BCUT2D eigenvalue weighted by molar-refractivity contribution is 6.19. The van der Waals surface area contributed by atoms with Gasteiger partial charge in [-0.25, -0.2) is 5.48 Å². The lowest BCUT2D eigenvalue weighted by molar-refractivity contribution is 0.0394. The van der Waals surface area contributed by atoms with Gasteiger partial charge in [-0.1, -0.05) is 63.1 Å². The normalized spacial score (nSPS) is 11.2. The lowest BCUT2D eigenvalue weighted by Crippen LogP contribution is -2.24. The molecule has 0 atom stereocenters. The van der Waals surface area contributed by atoms with Crippen LogP contribution in [0.5, 0.6) is 0 Å². The van der Waals surface area contributed by atoms with Gasteiger partial charge >= 0.3 is 0 Å². The summed E-state index contributed by atoms with van der Waals surface area (Å²) in [6, 6.07) is 11.7. The molecule has 0 unspecified atom stereocenters. The summed E-state index contributed by atoms with van der Waals surface area (Å²) >= 11 is 5.68. The smallest absolute Gasteiger partial charge is 0.269 e. The van der Waals surface area contributed by atoms with E-state index in [0.717, 1.165) is 34.8 Å². The highest BCUT2D eigenvalue weighted by atomic mass is 35.5. The first-order valence-electron chi connectivity index (χ1n) is 9.49. The minimum Gasteiger partial charge on any atom is -0.269 e. The quantitative estimate of drug-likeness (QED) is 0.214. The Morgan fingerprint density at radius 1 is 1.15 bits per heavy atom. The molecule has 0 saturated carbocycles. The molecule has 144 valence electrons. The Morgan fingerprint density at radius 2 is 1.93 bits per heavy atom. The maximum Gasteiger partial charge on any atom is 0.274 e. The van der Waals surface area contributed by atoms with Crippen LogP contribution in [0.15, 0.2) is 54.6 Å². The van der Waals surface area contributed by atoms with Crippen LogP contribution in [-0.4, -0.2) is 18.4 Å². The van der Waals surface area contributed by atoms with Crippen LogP contribution in [-0.2, 0) is 4.84 Å². The number of hydrogen-bond acceptors (Lipinski definition) is 2. The number of halogens is 1. The zero-order valence-corrected chi connectivity index (χ0v) is 16.7.